The number of ether oxygens (including phenoxy) is 1. The SMILES string of the molecule is CCCCOC(=O)Cn1cnc2scc(-c3ccc(C)c(C)c3)c2c1=O. The van der Waals surface area contributed by atoms with E-state index in [1.165, 1.54) is 33.4 Å². The zero-order valence-electron chi connectivity index (χ0n) is 15.2. The van der Waals surface area contributed by atoms with Gasteiger partial charge in [0.2, 0.25) is 0 Å². The van der Waals surface area contributed by atoms with Gasteiger partial charge in [-0.25, -0.2) is 4.98 Å². The Labute approximate surface area is 156 Å². The van der Waals surface area contributed by atoms with Gasteiger partial charge in [-0.05, 0) is 37.0 Å². The summed E-state index contributed by atoms with van der Waals surface area (Å²) in [6.45, 7) is 6.40. The largest absolute Gasteiger partial charge is 0.464 e. The first-order valence-corrected chi connectivity index (χ1v) is 9.59. The number of aryl methyl sites for hydroxylation is 2. The van der Waals surface area contributed by atoms with Gasteiger partial charge in [-0.3, -0.25) is 14.2 Å². The first-order chi connectivity index (χ1) is 12.5. The van der Waals surface area contributed by atoms with Crippen molar-refractivity contribution in [2.24, 2.45) is 0 Å². The van der Waals surface area contributed by atoms with Gasteiger partial charge in [0.25, 0.3) is 5.56 Å². The van der Waals surface area contributed by atoms with Crippen LogP contribution in [0.3, 0.4) is 0 Å². The number of carbonyl (C=O) groups is 1. The number of esters is 1. The van der Waals surface area contributed by atoms with Gasteiger partial charge in [0, 0.05) is 10.9 Å². The van der Waals surface area contributed by atoms with Crippen molar-refractivity contribution in [3.8, 4) is 11.1 Å². The number of rotatable bonds is 6. The minimum Gasteiger partial charge on any atom is -0.464 e. The summed E-state index contributed by atoms with van der Waals surface area (Å²) in [5, 5.41) is 2.51. The van der Waals surface area contributed by atoms with E-state index in [0.29, 0.717) is 16.8 Å². The highest BCUT2D eigenvalue weighted by atomic mass is 32.1. The Balaban J connectivity index is 1.96. The minimum atomic E-state index is -0.412. The van der Waals surface area contributed by atoms with Crippen LogP contribution in [0.4, 0.5) is 0 Å². The van der Waals surface area contributed by atoms with Crippen molar-refractivity contribution in [1.29, 1.82) is 0 Å². The van der Waals surface area contributed by atoms with E-state index in [4.69, 9.17) is 4.74 Å². The maximum Gasteiger partial charge on any atom is 0.326 e. The Kier molecular flexibility index (Phi) is 5.52. The van der Waals surface area contributed by atoms with Crippen molar-refractivity contribution in [3.05, 3.63) is 51.4 Å². The molecule has 3 rings (SSSR count). The Hall–Kier alpha value is -2.47. The quantitative estimate of drug-likeness (QED) is 0.484. The molecular formula is C20H22N2O3S. The summed E-state index contributed by atoms with van der Waals surface area (Å²) in [4.78, 5) is 29.9. The van der Waals surface area contributed by atoms with Crippen LogP contribution in [-0.4, -0.2) is 22.1 Å². The van der Waals surface area contributed by atoms with Gasteiger partial charge < -0.3 is 4.74 Å². The second kappa shape index (κ2) is 7.83. The van der Waals surface area contributed by atoms with Crippen LogP contribution in [0.15, 0.2) is 34.7 Å². The zero-order valence-corrected chi connectivity index (χ0v) is 16.1. The third-order valence-electron chi connectivity index (χ3n) is 4.44. The van der Waals surface area contributed by atoms with E-state index in [9.17, 15) is 9.59 Å². The number of benzene rings is 1. The molecule has 0 bridgehead atoms. The van der Waals surface area contributed by atoms with Crippen molar-refractivity contribution in [3.63, 3.8) is 0 Å². The Morgan fingerprint density at radius 2 is 2.08 bits per heavy atom. The fourth-order valence-corrected chi connectivity index (χ4v) is 3.62. The molecule has 0 saturated heterocycles. The molecule has 0 fully saturated rings. The number of fused-ring (bicyclic) bond motifs is 1. The Morgan fingerprint density at radius 1 is 1.27 bits per heavy atom. The standard InChI is InChI=1S/C20H22N2O3S/c1-4-5-8-25-17(23)10-22-12-21-19-18(20(22)24)16(11-26-19)15-7-6-13(2)14(3)9-15/h6-7,9,11-12H,4-5,8,10H2,1-3H3. The van der Waals surface area contributed by atoms with E-state index in [-0.39, 0.29) is 12.1 Å². The van der Waals surface area contributed by atoms with Gasteiger partial charge in [0.05, 0.1) is 18.3 Å². The summed E-state index contributed by atoms with van der Waals surface area (Å²) < 4.78 is 6.48. The van der Waals surface area contributed by atoms with Gasteiger partial charge in [0.1, 0.15) is 11.4 Å². The molecule has 1 aromatic carbocycles. The molecule has 26 heavy (non-hydrogen) atoms. The molecule has 0 atom stereocenters. The summed E-state index contributed by atoms with van der Waals surface area (Å²) in [7, 11) is 0. The minimum absolute atomic E-state index is 0.117. The fraction of sp³-hybridized carbons (Fsp3) is 0.350. The third-order valence-corrected chi connectivity index (χ3v) is 5.33. The van der Waals surface area contributed by atoms with Crippen LogP contribution in [0, 0.1) is 13.8 Å². The number of aromatic nitrogens is 2. The van der Waals surface area contributed by atoms with E-state index < -0.39 is 5.97 Å². The highest BCUT2D eigenvalue weighted by molar-refractivity contribution is 7.17. The normalized spacial score (nSPS) is 11.0. The predicted molar refractivity (Wildman–Crippen MR) is 105 cm³/mol. The molecule has 136 valence electrons. The van der Waals surface area contributed by atoms with Gasteiger partial charge >= 0.3 is 5.97 Å². The van der Waals surface area contributed by atoms with Crippen LogP contribution in [0.25, 0.3) is 21.3 Å². The first-order valence-electron chi connectivity index (χ1n) is 8.71. The highest BCUT2D eigenvalue weighted by Gasteiger charge is 2.15. The van der Waals surface area contributed by atoms with Crippen molar-refractivity contribution in [2.45, 2.75) is 40.2 Å². The average Bonchev–Trinajstić information content (AvgIpc) is 3.05. The van der Waals surface area contributed by atoms with Gasteiger partial charge in [-0.2, -0.15) is 0 Å². The van der Waals surface area contributed by atoms with Crippen LogP contribution in [0.5, 0.6) is 0 Å². The van der Waals surface area contributed by atoms with Crippen LogP contribution in [-0.2, 0) is 16.1 Å². The Morgan fingerprint density at radius 3 is 2.81 bits per heavy atom. The topological polar surface area (TPSA) is 61.2 Å². The number of carbonyl (C=O) groups excluding carboxylic acids is 1. The number of thiophene rings is 1. The average molecular weight is 370 g/mol. The third kappa shape index (κ3) is 3.70. The van der Waals surface area contributed by atoms with Gasteiger partial charge in [-0.1, -0.05) is 31.5 Å². The second-order valence-corrected chi connectivity index (χ2v) is 7.24. The molecule has 0 aliphatic heterocycles. The molecule has 0 saturated carbocycles. The van der Waals surface area contributed by atoms with E-state index in [1.807, 2.05) is 24.4 Å². The van der Waals surface area contributed by atoms with E-state index >= 15 is 0 Å². The number of hydrogen-bond donors (Lipinski definition) is 0. The predicted octanol–water partition coefficient (Wildman–Crippen LogP) is 4.09. The van der Waals surface area contributed by atoms with Crippen molar-refractivity contribution in [2.75, 3.05) is 6.61 Å². The molecule has 0 aliphatic carbocycles. The molecule has 0 amide bonds. The lowest BCUT2D eigenvalue weighted by atomic mass is 10.0. The summed E-state index contributed by atoms with van der Waals surface area (Å²) >= 11 is 1.44. The lowest BCUT2D eigenvalue weighted by Crippen LogP contribution is -2.25. The summed E-state index contributed by atoms with van der Waals surface area (Å²) in [6, 6.07) is 6.14. The van der Waals surface area contributed by atoms with Crippen molar-refractivity contribution < 1.29 is 9.53 Å². The molecule has 2 heterocycles. The Bertz CT molecular complexity index is 1000. The number of hydrogen-bond acceptors (Lipinski definition) is 5. The maximum absolute atomic E-state index is 12.9. The van der Waals surface area contributed by atoms with Crippen molar-refractivity contribution >= 4 is 27.5 Å². The fourth-order valence-electron chi connectivity index (χ4n) is 2.72. The summed E-state index contributed by atoms with van der Waals surface area (Å²) in [6.07, 6.45) is 3.20. The molecule has 2 aromatic heterocycles. The van der Waals surface area contributed by atoms with Crippen LogP contribution in [0.1, 0.15) is 30.9 Å². The van der Waals surface area contributed by atoms with E-state index in [0.717, 1.165) is 24.0 Å². The first kappa shape index (κ1) is 18.3. The van der Waals surface area contributed by atoms with E-state index in [2.05, 4.69) is 24.9 Å². The number of unbranched alkanes of at least 4 members (excludes halogenated alkanes) is 1. The monoisotopic (exact) mass is 370 g/mol. The maximum atomic E-state index is 12.9. The lowest BCUT2D eigenvalue weighted by molar-refractivity contribution is -0.144. The lowest BCUT2D eigenvalue weighted by Gasteiger charge is -2.07. The number of nitrogens with zero attached hydrogens (tertiary/aromatic N) is 2. The molecule has 3 aromatic rings. The zero-order chi connectivity index (χ0) is 18.7. The molecule has 0 radical (unpaired) electrons. The highest BCUT2D eigenvalue weighted by Crippen LogP contribution is 2.31. The van der Waals surface area contributed by atoms with Crippen LogP contribution in [0.2, 0.25) is 0 Å². The summed E-state index contributed by atoms with van der Waals surface area (Å²) in [5.41, 5.74) is 4.02. The van der Waals surface area contributed by atoms with Crippen LogP contribution < -0.4 is 5.56 Å². The van der Waals surface area contributed by atoms with Gasteiger partial charge in [0.15, 0.2) is 0 Å². The van der Waals surface area contributed by atoms with Crippen molar-refractivity contribution in [1.82, 2.24) is 9.55 Å². The second-order valence-electron chi connectivity index (χ2n) is 6.38. The molecule has 0 spiro atoms. The summed E-state index contributed by atoms with van der Waals surface area (Å²) in [5.74, 6) is -0.412. The molecular weight excluding hydrogens is 348 g/mol. The van der Waals surface area contributed by atoms with Crippen LogP contribution >= 0.6 is 11.3 Å². The molecule has 0 aliphatic rings. The molecule has 6 heteroatoms. The smallest absolute Gasteiger partial charge is 0.326 e. The molecule has 0 N–H and O–H groups in total. The molecule has 5 nitrogen and oxygen atoms in total. The van der Waals surface area contributed by atoms with Gasteiger partial charge in [-0.15, -0.1) is 11.3 Å². The van der Waals surface area contributed by atoms with E-state index in [1.54, 1.807) is 0 Å². The molecule has 0 unspecified atom stereocenters.